The number of pyridine rings is 1. The van der Waals surface area contributed by atoms with E-state index in [0.29, 0.717) is 30.6 Å². The second-order valence-electron chi connectivity index (χ2n) is 8.11. The van der Waals surface area contributed by atoms with Gasteiger partial charge in [0.1, 0.15) is 5.78 Å². The Balaban J connectivity index is 1.39. The van der Waals surface area contributed by atoms with Crippen LogP contribution in [0, 0.1) is 13.8 Å². The Hall–Kier alpha value is -3.55. The van der Waals surface area contributed by atoms with Gasteiger partial charge in [0.2, 0.25) is 0 Å². The van der Waals surface area contributed by atoms with Gasteiger partial charge in [-0.25, -0.2) is 4.79 Å². The van der Waals surface area contributed by atoms with Crippen molar-refractivity contribution in [2.24, 2.45) is 0 Å². The average Bonchev–Trinajstić information content (AvgIpc) is 3.01. The van der Waals surface area contributed by atoms with E-state index in [1.165, 1.54) is 0 Å². The topological polar surface area (TPSA) is 108 Å². The zero-order valence-corrected chi connectivity index (χ0v) is 17.5. The standard InChI is InChI=1S/C23H24N4O4/c1-13-7-17(8-14(2)25-13)26-23(31)24-11-15-3-4-16-12-27(22(30)19(16)9-15)20-6-5-18(28)10-21(20)29/h3-4,7-9,20H,5-6,10-12H2,1-2H3,(H2,24,25,26,31). The minimum atomic E-state index is -0.530. The number of benzene rings is 1. The molecule has 0 radical (unpaired) electrons. The maximum Gasteiger partial charge on any atom is 0.319 e. The number of urea groups is 1. The largest absolute Gasteiger partial charge is 0.334 e. The number of rotatable bonds is 4. The van der Waals surface area contributed by atoms with E-state index in [4.69, 9.17) is 0 Å². The molecule has 1 aromatic carbocycles. The fourth-order valence-electron chi connectivity index (χ4n) is 4.19. The second kappa shape index (κ2) is 8.29. The molecular formula is C23H24N4O4. The van der Waals surface area contributed by atoms with Gasteiger partial charge in [-0.05, 0) is 49.6 Å². The van der Waals surface area contributed by atoms with Crippen LogP contribution in [0.25, 0.3) is 0 Å². The quantitative estimate of drug-likeness (QED) is 0.740. The summed E-state index contributed by atoms with van der Waals surface area (Å²) in [7, 11) is 0. The summed E-state index contributed by atoms with van der Waals surface area (Å²) in [6.07, 6.45) is 0.628. The Morgan fingerprint density at radius 3 is 2.58 bits per heavy atom. The molecule has 1 fully saturated rings. The van der Waals surface area contributed by atoms with Crippen molar-refractivity contribution in [3.63, 3.8) is 0 Å². The fourth-order valence-corrected chi connectivity index (χ4v) is 4.19. The van der Waals surface area contributed by atoms with Gasteiger partial charge in [0.05, 0.1) is 12.5 Å². The number of aryl methyl sites for hydroxylation is 2. The number of aromatic nitrogens is 1. The Labute approximate surface area is 180 Å². The number of hydrogen-bond donors (Lipinski definition) is 2. The van der Waals surface area contributed by atoms with E-state index >= 15 is 0 Å². The van der Waals surface area contributed by atoms with E-state index in [1.54, 1.807) is 23.1 Å². The van der Waals surface area contributed by atoms with E-state index in [2.05, 4.69) is 15.6 Å². The van der Waals surface area contributed by atoms with Crippen molar-refractivity contribution in [1.82, 2.24) is 15.2 Å². The predicted molar refractivity (Wildman–Crippen MR) is 114 cm³/mol. The molecule has 2 aliphatic rings. The molecule has 1 aliphatic carbocycles. The summed E-state index contributed by atoms with van der Waals surface area (Å²) in [6.45, 7) is 4.35. The fraction of sp³-hybridized carbons (Fsp3) is 0.348. The summed E-state index contributed by atoms with van der Waals surface area (Å²) < 4.78 is 0. The van der Waals surface area contributed by atoms with Crippen LogP contribution in [0.4, 0.5) is 10.5 Å². The van der Waals surface area contributed by atoms with Crippen molar-refractivity contribution in [2.45, 2.75) is 52.2 Å². The van der Waals surface area contributed by atoms with Crippen LogP contribution in [0.3, 0.4) is 0 Å². The zero-order chi connectivity index (χ0) is 22.1. The molecule has 0 spiro atoms. The Kier molecular flexibility index (Phi) is 5.54. The molecule has 8 nitrogen and oxygen atoms in total. The van der Waals surface area contributed by atoms with Crippen molar-refractivity contribution in [3.05, 3.63) is 58.4 Å². The van der Waals surface area contributed by atoms with Crippen LogP contribution in [-0.4, -0.2) is 39.4 Å². The third kappa shape index (κ3) is 4.47. The summed E-state index contributed by atoms with van der Waals surface area (Å²) >= 11 is 0. The normalized spacial score (nSPS) is 18.2. The van der Waals surface area contributed by atoms with Gasteiger partial charge in [-0.15, -0.1) is 0 Å². The van der Waals surface area contributed by atoms with Crippen molar-refractivity contribution in [3.8, 4) is 0 Å². The molecule has 8 heteroatoms. The smallest absolute Gasteiger partial charge is 0.319 e. The monoisotopic (exact) mass is 420 g/mol. The van der Waals surface area contributed by atoms with Gasteiger partial charge in [0, 0.05) is 42.1 Å². The van der Waals surface area contributed by atoms with Gasteiger partial charge in [0.25, 0.3) is 5.91 Å². The van der Waals surface area contributed by atoms with E-state index in [9.17, 15) is 19.2 Å². The first-order valence-electron chi connectivity index (χ1n) is 10.3. The van der Waals surface area contributed by atoms with Crippen LogP contribution in [0.1, 0.15) is 52.1 Å². The molecular weight excluding hydrogens is 396 g/mol. The highest BCUT2D eigenvalue weighted by Crippen LogP contribution is 2.29. The molecule has 2 heterocycles. The second-order valence-corrected chi connectivity index (χ2v) is 8.11. The molecule has 0 saturated heterocycles. The summed E-state index contributed by atoms with van der Waals surface area (Å²) in [5, 5.41) is 5.58. The van der Waals surface area contributed by atoms with E-state index in [1.807, 2.05) is 26.0 Å². The first-order valence-corrected chi connectivity index (χ1v) is 10.3. The van der Waals surface area contributed by atoms with Gasteiger partial charge in [-0.1, -0.05) is 12.1 Å². The van der Waals surface area contributed by atoms with Crippen LogP contribution in [0.2, 0.25) is 0 Å². The highest BCUT2D eigenvalue weighted by atomic mass is 16.2. The van der Waals surface area contributed by atoms with Crippen molar-refractivity contribution < 1.29 is 19.2 Å². The number of ketones is 2. The lowest BCUT2D eigenvalue weighted by molar-refractivity contribution is -0.133. The highest BCUT2D eigenvalue weighted by molar-refractivity contribution is 6.07. The number of anilines is 1. The molecule has 1 unspecified atom stereocenters. The maximum absolute atomic E-state index is 12.9. The van der Waals surface area contributed by atoms with Crippen LogP contribution in [0.15, 0.2) is 30.3 Å². The Morgan fingerprint density at radius 1 is 1.13 bits per heavy atom. The minimum Gasteiger partial charge on any atom is -0.334 e. The highest BCUT2D eigenvalue weighted by Gasteiger charge is 2.38. The Bertz CT molecular complexity index is 1070. The van der Waals surface area contributed by atoms with Crippen LogP contribution >= 0.6 is 0 Å². The van der Waals surface area contributed by atoms with Crippen molar-refractivity contribution >= 4 is 29.2 Å². The van der Waals surface area contributed by atoms with Crippen molar-refractivity contribution in [1.29, 1.82) is 0 Å². The SMILES string of the molecule is Cc1cc(NC(=O)NCc2ccc3c(c2)C(=O)N(C2CCC(=O)CC2=O)C3)cc(C)n1. The van der Waals surface area contributed by atoms with Gasteiger partial charge in [0.15, 0.2) is 5.78 Å². The molecule has 1 saturated carbocycles. The van der Waals surface area contributed by atoms with E-state index in [0.717, 1.165) is 22.5 Å². The molecule has 1 atom stereocenters. The van der Waals surface area contributed by atoms with Crippen LogP contribution in [-0.2, 0) is 22.7 Å². The van der Waals surface area contributed by atoms with Crippen LogP contribution < -0.4 is 10.6 Å². The lowest BCUT2D eigenvalue weighted by Crippen LogP contribution is -2.44. The molecule has 4 rings (SSSR count). The van der Waals surface area contributed by atoms with Gasteiger partial charge < -0.3 is 15.5 Å². The lowest BCUT2D eigenvalue weighted by atomic mass is 9.92. The van der Waals surface area contributed by atoms with Gasteiger partial charge >= 0.3 is 6.03 Å². The molecule has 31 heavy (non-hydrogen) atoms. The van der Waals surface area contributed by atoms with E-state index in [-0.39, 0.29) is 36.5 Å². The first-order chi connectivity index (χ1) is 14.8. The number of nitrogens with one attached hydrogen (secondary N) is 2. The maximum atomic E-state index is 12.9. The Morgan fingerprint density at radius 2 is 1.87 bits per heavy atom. The summed E-state index contributed by atoms with van der Waals surface area (Å²) in [4.78, 5) is 54.7. The summed E-state index contributed by atoms with van der Waals surface area (Å²) in [5.41, 5.74) is 4.49. The summed E-state index contributed by atoms with van der Waals surface area (Å²) in [5.74, 6) is -0.441. The predicted octanol–water partition coefficient (Wildman–Crippen LogP) is 2.67. The molecule has 2 aromatic rings. The number of fused-ring (bicyclic) bond motifs is 1. The molecule has 1 aromatic heterocycles. The minimum absolute atomic E-state index is 0.0610. The molecule has 1 aliphatic heterocycles. The summed E-state index contributed by atoms with van der Waals surface area (Å²) in [6, 6.07) is 8.18. The first kappa shape index (κ1) is 20.7. The zero-order valence-electron chi connectivity index (χ0n) is 17.5. The number of nitrogens with zero attached hydrogens (tertiary/aromatic N) is 2. The third-order valence-corrected chi connectivity index (χ3v) is 5.61. The average molecular weight is 420 g/mol. The molecule has 160 valence electrons. The van der Waals surface area contributed by atoms with E-state index < -0.39 is 6.04 Å². The lowest BCUT2D eigenvalue weighted by Gasteiger charge is -2.29. The molecule has 2 N–H and O–H groups in total. The number of hydrogen-bond acceptors (Lipinski definition) is 5. The molecule has 0 bridgehead atoms. The van der Waals surface area contributed by atoms with Crippen LogP contribution in [0.5, 0.6) is 0 Å². The van der Waals surface area contributed by atoms with Crippen molar-refractivity contribution in [2.75, 3.05) is 5.32 Å². The van der Waals surface area contributed by atoms with Gasteiger partial charge in [-0.3, -0.25) is 19.4 Å². The molecule has 3 amide bonds. The van der Waals surface area contributed by atoms with Gasteiger partial charge in [-0.2, -0.15) is 0 Å². The number of amides is 3. The number of carbonyl (C=O) groups excluding carboxylic acids is 4. The third-order valence-electron chi connectivity index (χ3n) is 5.61. The number of carbonyl (C=O) groups is 4. The number of Topliss-reactive ketones (excluding diaryl/α,β-unsaturated/α-hetero) is 2.